The molecule has 1 spiro atoms. The van der Waals surface area contributed by atoms with E-state index >= 15 is 0 Å². The summed E-state index contributed by atoms with van der Waals surface area (Å²) in [6, 6.07) is 8.57. The third-order valence-corrected chi connectivity index (χ3v) is 8.26. The van der Waals surface area contributed by atoms with Crippen LogP contribution in [0.4, 0.5) is 10.1 Å². The third-order valence-electron chi connectivity index (χ3n) is 7.73. The van der Waals surface area contributed by atoms with Crippen LogP contribution in [0, 0.1) is 11.2 Å². The van der Waals surface area contributed by atoms with Crippen molar-refractivity contribution >= 4 is 40.6 Å². The maximum Gasteiger partial charge on any atom is 0.237 e. The molecule has 2 aliphatic heterocycles. The maximum atomic E-state index is 14.9. The van der Waals surface area contributed by atoms with Crippen molar-refractivity contribution in [3.63, 3.8) is 0 Å². The van der Waals surface area contributed by atoms with E-state index in [-0.39, 0.29) is 35.0 Å². The number of benzene rings is 2. The van der Waals surface area contributed by atoms with E-state index in [1.165, 1.54) is 19.1 Å². The molecule has 2 aromatic carbocycles. The van der Waals surface area contributed by atoms with Gasteiger partial charge in [0, 0.05) is 29.1 Å². The summed E-state index contributed by atoms with van der Waals surface area (Å²) in [4.78, 5) is 27.9. The van der Waals surface area contributed by atoms with E-state index in [9.17, 15) is 24.2 Å². The summed E-state index contributed by atoms with van der Waals surface area (Å²) in [5, 5.41) is 26.4. The van der Waals surface area contributed by atoms with E-state index in [2.05, 4.69) is 31.4 Å². The number of anilines is 1. The second-order valence-corrected chi connectivity index (χ2v) is 12.9. The predicted octanol–water partition coefficient (Wildman–Crippen LogP) is 5.37. The predicted molar refractivity (Wildman–Crippen MR) is 147 cm³/mol. The van der Waals surface area contributed by atoms with Crippen molar-refractivity contribution in [2.24, 2.45) is 5.41 Å². The highest BCUT2D eigenvalue weighted by molar-refractivity contribution is 6.31. The van der Waals surface area contributed by atoms with Crippen LogP contribution in [0.3, 0.4) is 0 Å². The standard InChI is InChI=1S/C29H35Cl2FN2O4/c1-27(2,3)14-23-29(18-12-20(32)19(31)13-21(18)33-26(29)37)24(16-7-5-8-17(30)11-16)25(34-23)22(36)9-6-10-28(4,38)15-35/h5,7-8,11-13,23-25,34-35,38H,6,9-10,14-15H2,1-4H3,(H,33,37)/t23-,24?,25+,28+,29+/m1/s1. The lowest BCUT2D eigenvalue weighted by Crippen LogP contribution is -2.49. The summed E-state index contributed by atoms with van der Waals surface area (Å²) in [5.74, 6) is -1.77. The minimum Gasteiger partial charge on any atom is -0.393 e. The number of rotatable bonds is 8. The first-order chi connectivity index (χ1) is 17.7. The Morgan fingerprint density at radius 2 is 1.87 bits per heavy atom. The number of ketones is 1. The number of hydrogen-bond acceptors (Lipinski definition) is 5. The van der Waals surface area contributed by atoms with Crippen molar-refractivity contribution < 1.29 is 24.2 Å². The highest BCUT2D eigenvalue weighted by Crippen LogP contribution is 2.57. The van der Waals surface area contributed by atoms with Gasteiger partial charge in [-0.25, -0.2) is 4.39 Å². The Hall–Kier alpha value is -2.03. The zero-order valence-electron chi connectivity index (χ0n) is 22.1. The Labute approximate surface area is 232 Å². The van der Waals surface area contributed by atoms with Gasteiger partial charge < -0.3 is 20.8 Å². The summed E-state index contributed by atoms with van der Waals surface area (Å²) in [6.07, 6.45) is 1.26. The Balaban J connectivity index is 1.87. The van der Waals surface area contributed by atoms with Gasteiger partial charge in [0.25, 0.3) is 0 Å². The van der Waals surface area contributed by atoms with E-state index in [1.807, 2.05) is 6.07 Å². The van der Waals surface area contributed by atoms with Gasteiger partial charge in [-0.15, -0.1) is 0 Å². The molecule has 38 heavy (non-hydrogen) atoms. The van der Waals surface area contributed by atoms with E-state index in [4.69, 9.17) is 23.2 Å². The molecule has 0 aliphatic carbocycles. The number of aliphatic hydroxyl groups excluding tert-OH is 1. The highest BCUT2D eigenvalue weighted by atomic mass is 35.5. The topological polar surface area (TPSA) is 98.7 Å². The Morgan fingerprint density at radius 1 is 1.16 bits per heavy atom. The molecule has 1 amide bonds. The molecule has 5 atom stereocenters. The number of fused-ring (bicyclic) bond motifs is 2. The smallest absolute Gasteiger partial charge is 0.237 e. The van der Waals surface area contributed by atoms with Crippen molar-refractivity contribution in [1.82, 2.24) is 5.32 Å². The maximum absolute atomic E-state index is 14.9. The second-order valence-electron chi connectivity index (χ2n) is 12.1. The van der Waals surface area contributed by atoms with Crippen LogP contribution in [0.1, 0.15) is 70.4 Å². The average Bonchev–Trinajstić information content (AvgIpc) is 3.28. The van der Waals surface area contributed by atoms with Gasteiger partial charge in [-0.1, -0.05) is 56.1 Å². The second kappa shape index (κ2) is 10.5. The molecule has 206 valence electrons. The third kappa shape index (κ3) is 5.36. The molecular weight excluding hydrogens is 530 g/mol. The summed E-state index contributed by atoms with van der Waals surface area (Å²) >= 11 is 12.5. The van der Waals surface area contributed by atoms with Crippen LogP contribution in [-0.2, 0) is 15.0 Å². The van der Waals surface area contributed by atoms with Gasteiger partial charge in [-0.05, 0) is 67.0 Å². The van der Waals surface area contributed by atoms with Crippen molar-refractivity contribution in [3.05, 3.63) is 63.4 Å². The molecule has 0 saturated carbocycles. The zero-order valence-corrected chi connectivity index (χ0v) is 23.6. The van der Waals surface area contributed by atoms with Crippen molar-refractivity contribution in [2.75, 3.05) is 11.9 Å². The van der Waals surface area contributed by atoms with Crippen LogP contribution in [0.15, 0.2) is 36.4 Å². The van der Waals surface area contributed by atoms with E-state index in [0.29, 0.717) is 34.7 Å². The molecule has 1 unspecified atom stereocenters. The van der Waals surface area contributed by atoms with Gasteiger partial charge in [-0.2, -0.15) is 0 Å². The highest BCUT2D eigenvalue weighted by Gasteiger charge is 2.65. The number of halogens is 3. The molecule has 2 heterocycles. The van der Waals surface area contributed by atoms with Gasteiger partial charge in [0.05, 0.1) is 23.3 Å². The fourth-order valence-electron chi connectivity index (χ4n) is 6.06. The summed E-state index contributed by atoms with van der Waals surface area (Å²) in [6.45, 7) is 7.28. The van der Waals surface area contributed by atoms with Gasteiger partial charge in [0.2, 0.25) is 5.91 Å². The number of aliphatic hydroxyl groups is 2. The molecule has 0 aromatic heterocycles. The molecular formula is C29H35Cl2FN2O4. The lowest BCUT2D eigenvalue weighted by Gasteiger charge is -2.37. The van der Waals surface area contributed by atoms with E-state index in [1.54, 1.807) is 18.2 Å². The molecule has 4 N–H and O–H groups in total. The van der Waals surface area contributed by atoms with Crippen molar-refractivity contribution in [1.29, 1.82) is 0 Å². The van der Waals surface area contributed by atoms with Crippen LogP contribution in [0.5, 0.6) is 0 Å². The quantitative estimate of drug-likeness (QED) is 0.345. The number of amides is 1. The largest absolute Gasteiger partial charge is 0.393 e. The number of nitrogens with one attached hydrogen (secondary N) is 2. The van der Waals surface area contributed by atoms with Crippen LogP contribution >= 0.6 is 23.2 Å². The number of carbonyl (C=O) groups is 2. The zero-order chi connectivity index (χ0) is 28.0. The number of hydrogen-bond donors (Lipinski definition) is 4. The first-order valence-electron chi connectivity index (χ1n) is 12.9. The monoisotopic (exact) mass is 564 g/mol. The average molecular weight is 566 g/mol. The lowest BCUT2D eigenvalue weighted by molar-refractivity contribution is -0.122. The minimum absolute atomic E-state index is 0.0951. The Kier molecular flexibility index (Phi) is 8.01. The molecule has 0 bridgehead atoms. The lowest BCUT2D eigenvalue weighted by atomic mass is 9.62. The minimum atomic E-state index is -1.30. The van der Waals surface area contributed by atoms with Crippen LogP contribution in [0.2, 0.25) is 10.0 Å². The van der Waals surface area contributed by atoms with Gasteiger partial charge in [0.1, 0.15) is 17.0 Å². The SMILES string of the molecule is CC(C)(C)C[C@H]1N[C@@H](C(=O)CCC[C@](C)(O)CO)C(c2cccc(Cl)c2)[C@@]12C(=O)Nc1cc(Cl)c(F)cc12. The molecule has 1 saturated heterocycles. The Bertz CT molecular complexity index is 1250. The van der Waals surface area contributed by atoms with Crippen molar-refractivity contribution in [2.45, 2.75) is 82.4 Å². The summed E-state index contributed by atoms with van der Waals surface area (Å²) in [5.41, 5.74) is -1.21. The molecule has 1 fully saturated rings. The summed E-state index contributed by atoms with van der Waals surface area (Å²) < 4.78 is 14.9. The number of Topliss-reactive ketones (excluding diaryl/α,β-unsaturated/α-hetero) is 1. The normalized spacial score (nSPS) is 26.3. The van der Waals surface area contributed by atoms with E-state index < -0.39 is 41.4 Å². The van der Waals surface area contributed by atoms with Gasteiger partial charge in [0.15, 0.2) is 0 Å². The first kappa shape index (κ1) is 29.0. The van der Waals surface area contributed by atoms with Crippen LogP contribution < -0.4 is 10.6 Å². The Morgan fingerprint density at radius 3 is 2.50 bits per heavy atom. The number of carbonyl (C=O) groups excluding carboxylic acids is 2. The van der Waals surface area contributed by atoms with Crippen LogP contribution in [0.25, 0.3) is 0 Å². The first-order valence-corrected chi connectivity index (χ1v) is 13.6. The fourth-order valence-corrected chi connectivity index (χ4v) is 6.43. The molecule has 4 rings (SSSR count). The van der Waals surface area contributed by atoms with Crippen molar-refractivity contribution in [3.8, 4) is 0 Å². The fraction of sp³-hybridized carbons (Fsp3) is 0.517. The molecule has 2 aromatic rings. The van der Waals surface area contributed by atoms with Gasteiger partial charge in [-0.3, -0.25) is 9.59 Å². The van der Waals surface area contributed by atoms with Crippen LogP contribution in [-0.4, -0.2) is 46.2 Å². The van der Waals surface area contributed by atoms with E-state index in [0.717, 1.165) is 0 Å². The molecule has 2 aliphatic rings. The van der Waals surface area contributed by atoms with Gasteiger partial charge >= 0.3 is 0 Å². The molecule has 6 nitrogen and oxygen atoms in total. The molecule has 9 heteroatoms. The molecule has 0 radical (unpaired) electrons. The summed E-state index contributed by atoms with van der Waals surface area (Å²) in [7, 11) is 0.